The minimum absolute atomic E-state index is 0.00330. The van der Waals surface area contributed by atoms with Crippen LogP contribution < -0.4 is 4.90 Å². The fraction of sp³-hybridized carbons (Fsp3) is 0.500. The highest BCUT2D eigenvalue weighted by molar-refractivity contribution is 5.96. The number of aliphatic hydroxyl groups excluding tert-OH is 1. The smallest absolute Gasteiger partial charge is 0.229 e. The van der Waals surface area contributed by atoms with Crippen molar-refractivity contribution in [2.75, 3.05) is 11.4 Å². The fourth-order valence-corrected chi connectivity index (χ4v) is 2.08. The Morgan fingerprint density at radius 1 is 1.35 bits per heavy atom. The second-order valence-electron chi connectivity index (χ2n) is 5.66. The van der Waals surface area contributed by atoms with Crippen molar-refractivity contribution >= 4 is 11.6 Å². The van der Waals surface area contributed by atoms with Crippen LogP contribution in [-0.2, 0) is 10.2 Å². The molecule has 1 amide bonds. The number of hydrogen-bond donors (Lipinski definition) is 1. The van der Waals surface area contributed by atoms with E-state index in [-0.39, 0.29) is 17.7 Å². The van der Waals surface area contributed by atoms with Crippen LogP contribution in [0.4, 0.5) is 5.69 Å². The Morgan fingerprint density at radius 2 is 2.06 bits per heavy atom. The summed E-state index contributed by atoms with van der Waals surface area (Å²) in [4.78, 5) is 13.4. The van der Waals surface area contributed by atoms with E-state index in [9.17, 15) is 9.90 Å². The summed E-state index contributed by atoms with van der Waals surface area (Å²) in [6.45, 7) is 6.85. The molecular weight excluding hydrogens is 214 g/mol. The quantitative estimate of drug-likeness (QED) is 0.806. The van der Waals surface area contributed by atoms with Gasteiger partial charge >= 0.3 is 0 Å². The molecule has 1 atom stereocenters. The van der Waals surface area contributed by atoms with Gasteiger partial charge in [0.15, 0.2) is 0 Å². The summed E-state index contributed by atoms with van der Waals surface area (Å²) in [7, 11) is 0. The zero-order valence-electron chi connectivity index (χ0n) is 10.6. The Morgan fingerprint density at radius 3 is 2.59 bits per heavy atom. The van der Waals surface area contributed by atoms with Crippen molar-refractivity contribution in [3.8, 4) is 0 Å². The molecule has 1 saturated heterocycles. The predicted molar refractivity (Wildman–Crippen MR) is 68.1 cm³/mol. The van der Waals surface area contributed by atoms with Gasteiger partial charge in [-0.05, 0) is 23.1 Å². The Kier molecular flexibility index (Phi) is 2.96. The number of β-amino-alcohol motifs (C(OH)–C–C–N with tert-alkyl or cyclic N) is 1. The third-order valence-corrected chi connectivity index (χ3v) is 3.13. The molecule has 1 unspecified atom stereocenters. The van der Waals surface area contributed by atoms with Crippen LogP contribution in [0.25, 0.3) is 0 Å². The maximum Gasteiger partial charge on any atom is 0.229 e. The number of anilines is 1. The number of carbonyl (C=O) groups is 1. The largest absolute Gasteiger partial charge is 0.391 e. The van der Waals surface area contributed by atoms with E-state index in [1.165, 1.54) is 5.56 Å². The van der Waals surface area contributed by atoms with Gasteiger partial charge in [-0.3, -0.25) is 4.79 Å². The lowest BCUT2D eigenvalue weighted by Crippen LogP contribution is -2.25. The summed E-state index contributed by atoms with van der Waals surface area (Å²) in [6, 6.07) is 8.00. The highest BCUT2D eigenvalue weighted by Crippen LogP contribution is 2.28. The highest BCUT2D eigenvalue weighted by atomic mass is 16.3. The first kappa shape index (κ1) is 12.1. The van der Waals surface area contributed by atoms with Crippen LogP contribution in [0.15, 0.2) is 24.3 Å². The van der Waals surface area contributed by atoms with Gasteiger partial charge in [0.2, 0.25) is 5.91 Å². The number of amides is 1. The molecule has 1 aliphatic rings. The molecule has 0 bridgehead atoms. The lowest BCUT2D eigenvalue weighted by Gasteiger charge is -2.22. The number of benzene rings is 1. The van der Waals surface area contributed by atoms with Crippen molar-refractivity contribution < 1.29 is 9.90 Å². The molecule has 0 aliphatic carbocycles. The Balaban J connectivity index is 2.31. The van der Waals surface area contributed by atoms with Crippen molar-refractivity contribution in [3.05, 3.63) is 29.8 Å². The maximum atomic E-state index is 11.7. The summed E-state index contributed by atoms with van der Waals surface area (Å²) >= 11 is 0. The normalized spacial score (nSPS) is 21.1. The molecule has 17 heavy (non-hydrogen) atoms. The molecule has 1 aliphatic heterocycles. The van der Waals surface area contributed by atoms with E-state index in [1.54, 1.807) is 4.90 Å². The molecule has 1 aromatic rings. The zero-order valence-corrected chi connectivity index (χ0v) is 10.6. The van der Waals surface area contributed by atoms with E-state index in [0.717, 1.165) is 5.69 Å². The lowest BCUT2D eigenvalue weighted by molar-refractivity contribution is -0.117. The molecule has 0 radical (unpaired) electrons. The molecular formula is C14H19NO2. The van der Waals surface area contributed by atoms with E-state index in [4.69, 9.17) is 0 Å². The number of hydrogen-bond acceptors (Lipinski definition) is 2. The van der Waals surface area contributed by atoms with Crippen molar-refractivity contribution in [2.45, 2.75) is 38.7 Å². The summed E-state index contributed by atoms with van der Waals surface area (Å²) in [5.41, 5.74) is 2.15. The number of nitrogens with zero attached hydrogens (tertiary/aromatic N) is 1. The standard InChI is InChI=1S/C14H19NO2/c1-14(2,3)10-5-4-6-11(7-10)15-9-12(16)8-13(15)17/h4-7,12,16H,8-9H2,1-3H3. The molecule has 0 spiro atoms. The monoisotopic (exact) mass is 233 g/mol. The van der Waals surface area contributed by atoms with Gasteiger partial charge in [0.25, 0.3) is 0 Å². The Labute approximate surface area is 102 Å². The molecule has 0 aromatic heterocycles. The third-order valence-electron chi connectivity index (χ3n) is 3.13. The van der Waals surface area contributed by atoms with Crippen molar-refractivity contribution in [3.63, 3.8) is 0 Å². The first-order chi connectivity index (χ1) is 7.88. The molecule has 1 heterocycles. The van der Waals surface area contributed by atoms with E-state index in [0.29, 0.717) is 6.54 Å². The SMILES string of the molecule is CC(C)(C)c1cccc(N2CC(O)CC2=O)c1. The first-order valence-electron chi connectivity index (χ1n) is 5.97. The van der Waals surface area contributed by atoms with Crippen LogP contribution in [0, 0.1) is 0 Å². The highest BCUT2D eigenvalue weighted by Gasteiger charge is 2.29. The van der Waals surface area contributed by atoms with Crippen molar-refractivity contribution in [1.29, 1.82) is 0 Å². The third kappa shape index (κ3) is 2.50. The molecule has 3 heteroatoms. The predicted octanol–water partition coefficient (Wildman–Crippen LogP) is 2.08. The van der Waals surface area contributed by atoms with Crippen LogP contribution in [0.5, 0.6) is 0 Å². The topological polar surface area (TPSA) is 40.5 Å². The van der Waals surface area contributed by atoms with Gasteiger partial charge in [0.1, 0.15) is 0 Å². The van der Waals surface area contributed by atoms with Gasteiger partial charge in [-0.25, -0.2) is 0 Å². The molecule has 2 rings (SSSR count). The van der Waals surface area contributed by atoms with Gasteiger partial charge in [-0.1, -0.05) is 32.9 Å². The minimum atomic E-state index is -0.527. The van der Waals surface area contributed by atoms with Gasteiger partial charge in [-0.2, -0.15) is 0 Å². The van der Waals surface area contributed by atoms with Crippen LogP contribution in [0.2, 0.25) is 0 Å². The van der Waals surface area contributed by atoms with Gasteiger partial charge in [0, 0.05) is 5.69 Å². The molecule has 0 saturated carbocycles. The van der Waals surface area contributed by atoms with Gasteiger partial charge in [-0.15, -0.1) is 0 Å². The van der Waals surface area contributed by atoms with Crippen LogP contribution in [0.3, 0.4) is 0 Å². The minimum Gasteiger partial charge on any atom is -0.391 e. The number of carbonyl (C=O) groups excluding carboxylic acids is 1. The van der Waals surface area contributed by atoms with E-state index in [2.05, 4.69) is 26.8 Å². The first-order valence-corrected chi connectivity index (χ1v) is 5.97. The van der Waals surface area contributed by atoms with Gasteiger partial charge < -0.3 is 10.0 Å². The van der Waals surface area contributed by atoms with Crippen molar-refractivity contribution in [2.24, 2.45) is 0 Å². The second kappa shape index (κ2) is 4.15. The average molecular weight is 233 g/mol. The van der Waals surface area contributed by atoms with Crippen LogP contribution in [-0.4, -0.2) is 23.7 Å². The molecule has 1 fully saturated rings. The van der Waals surface area contributed by atoms with E-state index >= 15 is 0 Å². The summed E-state index contributed by atoms with van der Waals surface area (Å²) in [5.74, 6) is 0.00330. The number of aliphatic hydroxyl groups is 1. The molecule has 1 aromatic carbocycles. The molecule has 1 N–H and O–H groups in total. The summed E-state index contributed by atoms with van der Waals surface area (Å²) in [5, 5.41) is 9.50. The average Bonchev–Trinajstić information content (AvgIpc) is 2.57. The fourth-order valence-electron chi connectivity index (χ4n) is 2.08. The molecule has 3 nitrogen and oxygen atoms in total. The molecule has 92 valence electrons. The summed E-state index contributed by atoms with van der Waals surface area (Å²) < 4.78 is 0. The second-order valence-corrected chi connectivity index (χ2v) is 5.66. The Hall–Kier alpha value is -1.35. The van der Waals surface area contributed by atoms with E-state index in [1.807, 2.05) is 18.2 Å². The van der Waals surface area contributed by atoms with E-state index < -0.39 is 6.10 Å². The Bertz CT molecular complexity index is 434. The zero-order chi connectivity index (χ0) is 12.6. The maximum absolute atomic E-state index is 11.7. The lowest BCUT2D eigenvalue weighted by atomic mass is 9.87. The van der Waals surface area contributed by atoms with Gasteiger partial charge in [0.05, 0.1) is 19.1 Å². The van der Waals surface area contributed by atoms with Crippen LogP contribution >= 0.6 is 0 Å². The summed E-state index contributed by atoms with van der Waals surface area (Å²) in [6.07, 6.45) is -0.291. The van der Waals surface area contributed by atoms with Crippen LogP contribution in [0.1, 0.15) is 32.8 Å². The number of rotatable bonds is 1. The van der Waals surface area contributed by atoms with Crippen molar-refractivity contribution in [1.82, 2.24) is 0 Å².